The minimum Gasteiger partial charge on any atom is -0.481 e. The third-order valence-electron chi connectivity index (χ3n) is 8.81. The van der Waals surface area contributed by atoms with Crippen LogP contribution in [0.2, 0.25) is 0 Å². The van der Waals surface area contributed by atoms with Crippen LogP contribution in [0.1, 0.15) is 194 Å². The predicted octanol–water partition coefficient (Wildman–Crippen LogP) is 11.3. The number of aliphatic imine (C=N–C) groups is 1. The van der Waals surface area contributed by atoms with Crippen molar-refractivity contribution in [3.63, 3.8) is 0 Å². The number of aliphatic hydroxyl groups is 2. The summed E-state index contributed by atoms with van der Waals surface area (Å²) in [5.74, 6) is -0.134. The van der Waals surface area contributed by atoms with E-state index < -0.39 is 11.5 Å². The average Bonchev–Trinajstić information content (AvgIpc) is 3.48. The van der Waals surface area contributed by atoms with Crippen LogP contribution in [-0.2, 0) is 9.53 Å². The average molecular weight is 650 g/mol. The van der Waals surface area contributed by atoms with E-state index >= 15 is 0 Å². The molecule has 270 valence electrons. The zero-order chi connectivity index (χ0) is 33.8. The lowest BCUT2D eigenvalue weighted by Gasteiger charge is -2.16. The van der Waals surface area contributed by atoms with Crippen molar-refractivity contribution in [2.24, 2.45) is 4.99 Å². The van der Waals surface area contributed by atoms with Gasteiger partial charge in [-0.1, -0.05) is 160 Å². The molecule has 0 radical (unpaired) electrons. The molecule has 0 saturated carbocycles. The monoisotopic (exact) mass is 650 g/mol. The van der Waals surface area contributed by atoms with Gasteiger partial charge in [0.15, 0.2) is 0 Å². The van der Waals surface area contributed by atoms with Gasteiger partial charge in [0.2, 0.25) is 5.90 Å². The molecule has 0 spiro atoms. The van der Waals surface area contributed by atoms with Gasteiger partial charge >= 0.3 is 5.97 Å². The number of carboxylic acid groups (broad SMARTS) is 1. The molecule has 6 nitrogen and oxygen atoms in total. The minimum absolute atomic E-state index is 0.181. The Morgan fingerprint density at radius 1 is 0.609 bits per heavy atom. The fourth-order valence-corrected chi connectivity index (χ4v) is 5.62. The molecule has 0 fully saturated rings. The van der Waals surface area contributed by atoms with E-state index in [9.17, 15) is 15.0 Å². The number of ether oxygens (including phenoxy) is 1. The highest BCUT2D eigenvalue weighted by molar-refractivity contribution is 5.89. The molecule has 46 heavy (non-hydrogen) atoms. The molecule has 0 amide bonds. The topological polar surface area (TPSA) is 99.4 Å². The Morgan fingerprint density at radius 2 is 0.978 bits per heavy atom. The van der Waals surface area contributed by atoms with Crippen LogP contribution in [0, 0.1) is 0 Å². The van der Waals surface area contributed by atoms with Gasteiger partial charge in [-0.25, -0.2) is 4.99 Å². The third kappa shape index (κ3) is 29.7. The molecule has 0 aromatic rings. The van der Waals surface area contributed by atoms with Crippen LogP contribution in [0.25, 0.3) is 0 Å². The van der Waals surface area contributed by atoms with Crippen molar-refractivity contribution in [1.29, 1.82) is 0 Å². The second-order valence-electron chi connectivity index (χ2n) is 13.4. The number of carboxylic acids is 1. The Balaban J connectivity index is 0.000000914. The first-order valence-corrected chi connectivity index (χ1v) is 19.5. The number of aliphatic carboxylic acids is 1. The van der Waals surface area contributed by atoms with Gasteiger partial charge in [0.25, 0.3) is 0 Å². The zero-order valence-corrected chi connectivity index (χ0v) is 30.3. The van der Waals surface area contributed by atoms with E-state index in [0.717, 1.165) is 19.3 Å². The number of aliphatic hydroxyl groups excluding tert-OH is 2. The summed E-state index contributed by atoms with van der Waals surface area (Å²) in [5.41, 5.74) is -0.838. The smallest absolute Gasteiger partial charge is 0.303 e. The zero-order valence-electron chi connectivity index (χ0n) is 30.3. The molecule has 0 saturated heterocycles. The summed E-state index contributed by atoms with van der Waals surface area (Å²) >= 11 is 0. The first-order valence-electron chi connectivity index (χ1n) is 19.5. The van der Waals surface area contributed by atoms with E-state index in [1.165, 1.54) is 154 Å². The fourth-order valence-electron chi connectivity index (χ4n) is 5.62. The number of allylic oxidation sites excluding steroid dienone is 3. The molecule has 0 aromatic carbocycles. The highest BCUT2D eigenvalue weighted by Gasteiger charge is 2.34. The number of hydrogen-bond acceptors (Lipinski definition) is 5. The van der Waals surface area contributed by atoms with E-state index in [1.807, 2.05) is 6.08 Å². The van der Waals surface area contributed by atoms with Crippen molar-refractivity contribution in [3.05, 3.63) is 24.3 Å². The van der Waals surface area contributed by atoms with Crippen LogP contribution in [0.15, 0.2) is 29.3 Å². The second-order valence-corrected chi connectivity index (χ2v) is 13.4. The first-order chi connectivity index (χ1) is 22.5. The lowest BCUT2D eigenvalue weighted by Crippen LogP contribution is -2.37. The number of nitrogens with zero attached hydrogens (tertiary/aromatic N) is 1. The van der Waals surface area contributed by atoms with Gasteiger partial charge in [-0.15, -0.1) is 0 Å². The Morgan fingerprint density at radius 3 is 1.35 bits per heavy atom. The summed E-state index contributed by atoms with van der Waals surface area (Å²) in [6, 6.07) is 0. The van der Waals surface area contributed by atoms with Crippen LogP contribution in [0.5, 0.6) is 0 Å². The maximum atomic E-state index is 10.3. The molecular formula is C40H75NO5. The molecule has 0 aromatic heterocycles. The van der Waals surface area contributed by atoms with Gasteiger partial charge < -0.3 is 20.1 Å². The van der Waals surface area contributed by atoms with E-state index in [4.69, 9.17) is 9.84 Å². The van der Waals surface area contributed by atoms with E-state index in [1.54, 1.807) is 0 Å². The fraction of sp³-hybridized carbons (Fsp3) is 0.850. The van der Waals surface area contributed by atoms with Crippen molar-refractivity contribution in [2.45, 2.75) is 199 Å². The van der Waals surface area contributed by atoms with Gasteiger partial charge in [-0.2, -0.15) is 0 Å². The molecular weight excluding hydrogens is 574 g/mol. The molecule has 3 N–H and O–H groups in total. The van der Waals surface area contributed by atoms with Crippen LogP contribution >= 0.6 is 0 Å². The summed E-state index contributed by atoms with van der Waals surface area (Å²) in [6.07, 6.45) is 44.1. The standard InChI is InChI=1S/C22H41NO3.C18H34O2/c1-2-3-4-5-6-7-8-9-10-11-12-13-14-15-16-17-21-23-22(18-24,19-25)20-26-21;1-2-3-4-5-6-7-8-9-10-11-12-13-14-15-16-17-18(19)20/h16-17,24-25H,2-15,18-20H2,1H3;9-10H,2-8,11-17H2,1H3,(H,19,20)/b17-16+;10-9-. The summed E-state index contributed by atoms with van der Waals surface area (Å²) in [4.78, 5) is 14.6. The lowest BCUT2D eigenvalue weighted by molar-refractivity contribution is -0.137. The highest BCUT2D eigenvalue weighted by Crippen LogP contribution is 2.19. The molecule has 1 heterocycles. The van der Waals surface area contributed by atoms with Gasteiger partial charge in [-0.3, -0.25) is 4.79 Å². The number of hydrogen-bond donors (Lipinski definition) is 3. The summed E-state index contributed by atoms with van der Waals surface area (Å²) in [7, 11) is 0. The quantitative estimate of drug-likeness (QED) is 0.0497. The van der Waals surface area contributed by atoms with Crippen LogP contribution in [0.4, 0.5) is 0 Å². The molecule has 6 heteroatoms. The Kier molecular flexibility index (Phi) is 33.4. The van der Waals surface area contributed by atoms with E-state index in [2.05, 4.69) is 37.1 Å². The molecule has 1 rings (SSSR count). The second kappa shape index (κ2) is 34.7. The maximum Gasteiger partial charge on any atom is 0.303 e. The number of unbranched alkanes of at least 4 members (excludes halogenated alkanes) is 24. The van der Waals surface area contributed by atoms with Crippen molar-refractivity contribution in [3.8, 4) is 0 Å². The molecule has 0 atom stereocenters. The number of rotatable bonds is 32. The van der Waals surface area contributed by atoms with Crippen LogP contribution in [-0.4, -0.2) is 52.5 Å². The lowest BCUT2D eigenvalue weighted by atomic mass is 10.0. The summed E-state index contributed by atoms with van der Waals surface area (Å²) in [5, 5.41) is 27.0. The third-order valence-corrected chi connectivity index (χ3v) is 8.81. The minimum atomic E-state index is -0.838. The highest BCUT2D eigenvalue weighted by atomic mass is 16.5. The van der Waals surface area contributed by atoms with Gasteiger partial charge in [0, 0.05) is 6.42 Å². The predicted molar refractivity (Wildman–Crippen MR) is 197 cm³/mol. The van der Waals surface area contributed by atoms with Crippen molar-refractivity contribution < 1.29 is 24.9 Å². The van der Waals surface area contributed by atoms with Crippen LogP contribution in [0.3, 0.4) is 0 Å². The summed E-state index contributed by atoms with van der Waals surface area (Å²) in [6.45, 7) is 4.43. The SMILES string of the molecule is CCCCCCCC/C=C\CCCCCCCC(=O)O.CCCCCCCCCCCCCCC/C=C/C1=NC(CO)(CO)CO1. The van der Waals surface area contributed by atoms with E-state index in [-0.39, 0.29) is 19.8 Å². The largest absolute Gasteiger partial charge is 0.481 e. The Bertz CT molecular complexity index is 744. The molecule has 0 bridgehead atoms. The van der Waals surface area contributed by atoms with E-state index in [0.29, 0.717) is 12.3 Å². The van der Waals surface area contributed by atoms with Crippen molar-refractivity contribution >= 4 is 11.9 Å². The molecule has 1 aliphatic heterocycles. The first kappa shape index (κ1) is 44.3. The normalized spacial score (nSPS) is 14.0. The van der Waals surface area contributed by atoms with Gasteiger partial charge in [0.1, 0.15) is 12.1 Å². The Hall–Kier alpha value is -1.66. The maximum absolute atomic E-state index is 10.3. The van der Waals surface area contributed by atoms with Gasteiger partial charge in [0.05, 0.1) is 13.2 Å². The summed E-state index contributed by atoms with van der Waals surface area (Å²) < 4.78 is 5.41. The van der Waals surface area contributed by atoms with Crippen molar-refractivity contribution in [2.75, 3.05) is 19.8 Å². The number of carbonyl (C=O) groups is 1. The Labute approximate surface area is 284 Å². The molecule has 1 aliphatic rings. The molecule has 0 unspecified atom stereocenters. The molecule has 0 aliphatic carbocycles. The van der Waals surface area contributed by atoms with Gasteiger partial charge in [-0.05, 0) is 51.0 Å². The van der Waals surface area contributed by atoms with Crippen molar-refractivity contribution in [1.82, 2.24) is 0 Å². The van der Waals surface area contributed by atoms with Crippen LogP contribution < -0.4 is 0 Å².